The minimum Gasteiger partial charge on any atom is -0.495 e. The van der Waals surface area contributed by atoms with Gasteiger partial charge in [0.25, 0.3) is 15.9 Å². The number of hydrogen-bond donors (Lipinski definition) is 1. The van der Waals surface area contributed by atoms with Crippen molar-refractivity contribution in [3.05, 3.63) is 83.9 Å². The van der Waals surface area contributed by atoms with Crippen LogP contribution in [0.1, 0.15) is 11.1 Å². The molecule has 0 aliphatic carbocycles. The number of carbonyl (C=O) groups excluding carboxylic acids is 1. The maximum absolute atomic E-state index is 13.7. The van der Waals surface area contributed by atoms with E-state index in [9.17, 15) is 13.2 Å². The fourth-order valence-corrected chi connectivity index (χ4v) is 5.48. The number of amides is 1. The zero-order chi connectivity index (χ0) is 23.4. The molecule has 0 bridgehead atoms. The summed E-state index contributed by atoms with van der Waals surface area (Å²) >= 11 is 0. The molecule has 3 aromatic carbocycles. The summed E-state index contributed by atoms with van der Waals surface area (Å²) in [7, 11) is -2.59. The molecule has 33 heavy (non-hydrogen) atoms. The first kappa shape index (κ1) is 22.7. The molecule has 0 saturated carbocycles. The molecule has 0 unspecified atom stereocenters. The van der Waals surface area contributed by atoms with E-state index in [1.54, 1.807) is 42.5 Å². The Morgan fingerprint density at radius 3 is 2.58 bits per heavy atom. The molecule has 1 amide bonds. The highest BCUT2D eigenvalue weighted by Gasteiger charge is 2.38. The molecule has 1 N–H and O–H groups in total. The number of sulfonamides is 1. The van der Waals surface area contributed by atoms with Crippen molar-refractivity contribution in [1.82, 2.24) is 5.32 Å². The van der Waals surface area contributed by atoms with E-state index >= 15 is 0 Å². The summed E-state index contributed by atoms with van der Waals surface area (Å²) in [6.07, 6.45) is -0.320. The highest BCUT2D eigenvalue weighted by Crippen LogP contribution is 2.38. The van der Waals surface area contributed by atoms with Gasteiger partial charge < -0.3 is 14.8 Å². The van der Waals surface area contributed by atoms with E-state index in [2.05, 4.69) is 5.32 Å². The van der Waals surface area contributed by atoms with Gasteiger partial charge in [0.05, 0.1) is 19.3 Å². The van der Waals surface area contributed by atoms with E-state index in [0.29, 0.717) is 24.4 Å². The van der Waals surface area contributed by atoms with E-state index in [0.717, 1.165) is 11.1 Å². The van der Waals surface area contributed by atoms with Crippen LogP contribution < -0.4 is 19.1 Å². The van der Waals surface area contributed by atoms with E-state index in [4.69, 9.17) is 9.47 Å². The summed E-state index contributed by atoms with van der Waals surface area (Å²) in [5.41, 5.74) is 2.27. The Balaban J connectivity index is 1.59. The molecule has 4 rings (SSSR count). The lowest BCUT2D eigenvalue weighted by atomic mass is 10.1. The number of nitrogens with zero attached hydrogens (tertiary/aromatic N) is 1. The molecule has 1 aliphatic rings. The van der Waals surface area contributed by atoms with Crippen molar-refractivity contribution < 1.29 is 22.7 Å². The first-order valence-corrected chi connectivity index (χ1v) is 12.1. The number of ether oxygens (including phenoxy) is 2. The van der Waals surface area contributed by atoms with Crippen LogP contribution in [0.15, 0.2) is 77.7 Å². The fourth-order valence-electron chi connectivity index (χ4n) is 3.76. The van der Waals surface area contributed by atoms with Crippen LogP contribution in [-0.2, 0) is 21.2 Å². The summed E-state index contributed by atoms with van der Waals surface area (Å²) in [5, 5.41) is 2.86. The predicted octanol–water partition coefficient (Wildman–Crippen LogP) is 3.32. The third-order valence-corrected chi connectivity index (χ3v) is 7.27. The molecule has 3 aromatic rings. The van der Waals surface area contributed by atoms with Gasteiger partial charge in [-0.25, -0.2) is 8.42 Å². The summed E-state index contributed by atoms with van der Waals surface area (Å²) in [5.74, 6) is 0.215. The zero-order valence-corrected chi connectivity index (χ0v) is 19.3. The number of carbonyl (C=O) groups is 1. The van der Waals surface area contributed by atoms with Crippen LogP contribution in [0.3, 0.4) is 0 Å². The van der Waals surface area contributed by atoms with Crippen molar-refractivity contribution in [1.29, 1.82) is 0 Å². The number of benzene rings is 3. The van der Waals surface area contributed by atoms with E-state index in [-0.39, 0.29) is 23.1 Å². The fraction of sp³-hybridized carbons (Fsp3) is 0.240. The summed E-state index contributed by atoms with van der Waals surface area (Å²) in [6.45, 7) is 2.09. The Labute approximate surface area is 194 Å². The van der Waals surface area contributed by atoms with E-state index < -0.39 is 16.1 Å². The zero-order valence-electron chi connectivity index (χ0n) is 18.5. The third kappa shape index (κ3) is 4.80. The van der Waals surface area contributed by atoms with Gasteiger partial charge in [-0.3, -0.25) is 9.10 Å². The highest BCUT2D eigenvalue weighted by molar-refractivity contribution is 7.93. The number of nitrogens with one attached hydrogen (secondary N) is 1. The quantitative estimate of drug-likeness (QED) is 0.578. The number of methoxy groups -OCH3 is 1. The van der Waals surface area contributed by atoms with Gasteiger partial charge in [0.1, 0.15) is 16.4 Å². The Kier molecular flexibility index (Phi) is 6.55. The minimum absolute atomic E-state index is 0.0462. The van der Waals surface area contributed by atoms with Gasteiger partial charge in [-0.2, -0.15) is 0 Å². The van der Waals surface area contributed by atoms with Crippen molar-refractivity contribution in [2.45, 2.75) is 24.3 Å². The van der Waals surface area contributed by atoms with Crippen LogP contribution in [0.2, 0.25) is 0 Å². The lowest BCUT2D eigenvalue weighted by Gasteiger charge is -2.35. The van der Waals surface area contributed by atoms with Crippen LogP contribution in [-0.4, -0.2) is 40.6 Å². The third-order valence-electron chi connectivity index (χ3n) is 5.47. The maximum atomic E-state index is 13.7. The molecular formula is C25H26N2O5S. The predicted molar refractivity (Wildman–Crippen MR) is 126 cm³/mol. The molecule has 0 radical (unpaired) electrons. The molecule has 0 saturated heterocycles. The number of para-hydroxylation sites is 2. The lowest BCUT2D eigenvalue weighted by Crippen LogP contribution is -2.51. The minimum atomic E-state index is -4.02. The van der Waals surface area contributed by atoms with Crippen molar-refractivity contribution in [2.24, 2.45) is 0 Å². The van der Waals surface area contributed by atoms with Crippen LogP contribution in [0.4, 0.5) is 5.69 Å². The highest BCUT2D eigenvalue weighted by atomic mass is 32.2. The van der Waals surface area contributed by atoms with Crippen molar-refractivity contribution in [3.63, 3.8) is 0 Å². The first-order chi connectivity index (χ1) is 15.9. The molecule has 1 atom stereocenters. The monoisotopic (exact) mass is 466 g/mol. The Bertz CT molecular complexity index is 1240. The van der Waals surface area contributed by atoms with Gasteiger partial charge in [0, 0.05) is 6.54 Å². The Morgan fingerprint density at radius 1 is 1.09 bits per heavy atom. The lowest BCUT2D eigenvalue weighted by molar-refractivity contribution is -0.127. The van der Waals surface area contributed by atoms with Gasteiger partial charge in [-0.1, -0.05) is 48.5 Å². The Hall–Kier alpha value is -3.52. The van der Waals surface area contributed by atoms with Crippen molar-refractivity contribution >= 4 is 21.6 Å². The molecule has 1 aliphatic heterocycles. The molecule has 172 valence electrons. The number of fused-ring (bicyclic) bond motifs is 1. The van der Waals surface area contributed by atoms with Gasteiger partial charge in [-0.15, -0.1) is 0 Å². The average Bonchev–Trinajstić information content (AvgIpc) is 2.83. The van der Waals surface area contributed by atoms with Crippen LogP contribution in [0.5, 0.6) is 11.5 Å². The number of aryl methyl sites for hydroxylation is 1. The standard InChI is InChI=1S/C25H26N2O5S/c1-18-12-13-22(31-2)24(16-18)33(29,30)27-17-23(32-21-11-7-6-10-20(21)27)25(28)26-15-14-19-8-4-3-5-9-19/h3-13,16,23H,14-15,17H2,1-2H3,(H,26,28)/t23-/m0/s1. The largest absolute Gasteiger partial charge is 0.495 e. The van der Waals surface area contributed by atoms with Crippen molar-refractivity contribution in [2.75, 3.05) is 24.5 Å². The number of anilines is 1. The number of rotatable bonds is 7. The van der Waals surface area contributed by atoms with E-state index in [1.807, 2.05) is 37.3 Å². The molecule has 0 spiro atoms. The molecular weight excluding hydrogens is 440 g/mol. The maximum Gasteiger partial charge on any atom is 0.268 e. The normalized spacial score (nSPS) is 15.3. The van der Waals surface area contributed by atoms with Gasteiger partial charge >= 0.3 is 0 Å². The van der Waals surface area contributed by atoms with Gasteiger partial charge in [0.2, 0.25) is 0 Å². The van der Waals surface area contributed by atoms with Gasteiger partial charge in [0.15, 0.2) is 6.10 Å². The summed E-state index contributed by atoms with van der Waals surface area (Å²) in [4.78, 5) is 12.9. The second-order valence-corrected chi connectivity index (χ2v) is 9.62. The SMILES string of the molecule is COc1ccc(C)cc1S(=O)(=O)N1C[C@@H](C(=O)NCCc2ccccc2)Oc2ccccc21. The first-order valence-electron chi connectivity index (χ1n) is 10.6. The van der Waals surface area contributed by atoms with Crippen molar-refractivity contribution in [3.8, 4) is 11.5 Å². The molecule has 0 aromatic heterocycles. The van der Waals surface area contributed by atoms with Crippen LogP contribution in [0.25, 0.3) is 0 Å². The van der Waals surface area contributed by atoms with Gasteiger partial charge in [-0.05, 0) is 48.7 Å². The van der Waals surface area contributed by atoms with Crippen LogP contribution >= 0.6 is 0 Å². The summed E-state index contributed by atoms with van der Waals surface area (Å²) < 4.78 is 39.8. The molecule has 1 heterocycles. The molecule has 0 fully saturated rings. The smallest absolute Gasteiger partial charge is 0.268 e. The van der Waals surface area contributed by atoms with E-state index in [1.165, 1.54) is 11.4 Å². The molecule has 7 nitrogen and oxygen atoms in total. The molecule has 8 heteroatoms. The Morgan fingerprint density at radius 2 is 1.82 bits per heavy atom. The van der Waals surface area contributed by atoms with Crippen LogP contribution in [0, 0.1) is 6.92 Å². The average molecular weight is 467 g/mol. The summed E-state index contributed by atoms with van der Waals surface area (Å²) in [6, 6.07) is 21.6. The second-order valence-electron chi connectivity index (χ2n) is 7.79. The topological polar surface area (TPSA) is 84.9 Å². The second kappa shape index (κ2) is 9.54. The number of hydrogen-bond acceptors (Lipinski definition) is 5.